The van der Waals surface area contributed by atoms with Crippen molar-refractivity contribution < 1.29 is 28.2 Å². The molecule has 2 heterocycles. The van der Waals surface area contributed by atoms with E-state index in [0.29, 0.717) is 59.1 Å². The molecule has 2 aliphatic carbocycles. The maximum Gasteiger partial charge on any atom is 0.255 e. The standard InChI is InChI=1S/C27H31F2N5O4/c1-13-22(27(37)34-20-7-6-17(10-19(20)29)33-26(36)14(2)35)24-25(32-13)23(30-12-31-24)18-9-16(28)5-8-21(18)38-11-15-3-4-15/h5,8-9,12,14-15,17,19-20,32,35H,3-4,6-7,10-11H2,1-2H3,(H,33,36)(H,34,37)/t14-,17+,19+,20+/m0/s1. The minimum atomic E-state index is -1.37. The average Bonchev–Trinajstić information content (AvgIpc) is 3.64. The lowest BCUT2D eigenvalue weighted by atomic mass is 9.89. The lowest BCUT2D eigenvalue weighted by Crippen LogP contribution is -2.51. The van der Waals surface area contributed by atoms with E-state index in [1.165, 1.54) is 25.4 Å². The van der Waals surface area contributed by atoms with Gasteiger partial charge in [0.25, 0.3) is 5.91 Å². The summed E-state index contributed by atoms with van der Waals surface area (Å²) in [5.74, 6) is -0.474. The molecule has 11 heteroatoms. The number of amides is 2. The largest absolute Gasteiger partial charge is 0.493 e. The second-order valence-electron chi connectivity index (χ2n) is 10.3. The molecule has 2 aromatic heterocycles. The van der Waals surface area contributed by atoms with Crippen molar-refractivity contribution in [2.45, 2.75) is 70.3 Å². The molecule has 202 valence electrons. The lowest BCUT2D eigenvalue weighted by Gasteiger charge is -2.32. The number of carbonyl (C=O) groups excluding carboxylic acids is 2. The summed E-state index contributed by atoms with van der Waals surface area (Å²) in [6, 6.07) is 3.11. The number of nitrogens with one attached hydrogen (secondary N) is 3. The number of aliphatic hydroxyl groups excluding tert-OH is 1. The van der Waals surface area contributed by atoms with Crippen molar-refractivity contribution in [2.24, 2.45) is 5.92 Å². The van der Waals surface area contributed by atoms with Gasteiger partial charge in [0.2, 0.25) is 5.91 Å². The Morgan fingerprint density at radius 3 is 2.71 bits per heavy atom. The molecule has 0 unspecified atom stereocenters. The molecule has 0 saturated heterocycles. The van der Waals surface area contributed by atoms with Crippen LogP contribution in [0.4, 0.5) is 8.78 Å². The Morgan fingerprint density at radius 1 is 1.21 bits per heavy atom. The molecule has 4 atom stereocenters. The molecule has 2 aliphatic rings. The zero-order valence-corrected chi connectivity index (χ0v) is 21.3. The van der Waals surface area contributed by atoms with E-state index in [9.17, 15) is 23.5 Å². The zero-order valence-electron chi connectivity index (χ0n) is 21.3. The van der Waals surface area contributed by atoms with E-state index in [4.69, 9.17) is 4.74 Å². The summed E-state index contributed by atoms with van der Waals surface area (Å²) < 4.78 is 35.2. The molecule has 38 heavy (non-hydrogen) atoms. The molecule has 0 aliphatic heterocycles. The van der Waals surface area contributed by atoms with Crippen LogP contribution in [0.15, 0.2) is 24.5 Å². The van der Waals surface area contributed by atoms with Crippen molar-refractivity contribution in [3.8, 4) is 17.0 Å². The van der Waals surface area contributed by atoms with E-state index < -0.39 is 42.0 Å². The van der Waals surface area contributed by atoms with Crippen molar-refractivity contribution in [3.63, 3.8) is 0 Å². The van der Waals surface area contributed by atoms with Crippen LogP contribution in [0.3, 0.4) is 0 Å². The summed E-state index contributed by atoms with van der Waals surface area (Å²) in [5, 5.41) is 14.8. The van der Waals surface area contributed by atoms with Gasteiger partial charge in [-0.25, -0.2) is 18.7 Å². The van der Waals surface area contributed by atoms with E-state index in [1.807, 2.05) is 0 Å². The number of aliphatic hydroxyl groups is 1. The Morgan fingerprint density at radius 2 is 2.00 bits per heavy atom. The fourth-order valence-electron chi connectivity index (χ4n) is 4.88. The van der Waals surface area contributed by atoms with Crippen molar-refractivity contribution in [1.82, 2.24) is 25.6 Å². The summed E-state index contributed by atoms with van der Waals surface area (Å²) in [7, 11) is 0. The predicted molar refractivity (Wildman–Crippen MR) is 136 cm³/mol. The second kappa shape index (κ2) is 10.6. The fourth-order valence-corrected chi connectivity index (χ4v) is 4.88. The molecule has 0 bridgehead atoms. The van der Waals surface area contributed by atoms with Gasteiger partial charge in [-0.1, -0.05) is 0 Å². The third-order valence-electron chi connectivity index (χ3n) is 7.18. The van der Waals surface area contributed by atoms with E-state index in [2.05, 4.69) is 25.6 Å². The number of aromatic nitrogens is 3. The third-order valence-corrected chi connectivity index (χ3v) is 7.18. The van der Waals surface area contributed by atoms with Gasteiger partial charge < -0.3 is 25.5 Å². The van der Waals surface area contributed by atoms with Gasteiger partial charge in [-0.3, -0.25) is 9.59 Å². The Bertz CT molecular complexity index is 1360. The number of halogens is 2. The van der Waals surface area contributed by atoms with Gasteiger partial charge in [0.15, 0.2) is 0 Å². The summed E-state index contributed by atoms with van der Waals surface area (Å²) in [4.78, 5) is 36.9. The van der Waals surface area contributed by atoms with Crippen LogP contribution in [-0.2, 0) is 4.79 Å². The maximum atomic E-state index is 15.0. The van der Waals surface area contributed by atoms with E-state index >= 15 is 0 Å². The van der Waals surface area contributed by atoms with E-state index in [1.54, 1.807) is 13.0 Å². The minimum absolute atomic E-state index is 0.0335. The average molecular weight is 528 g/mol. The number of aromatic amines is 1. The maximum absolute atomic E-state index is 15.0. The highest BCUT2D eigenvalue weighted by atomic mass is 19.1. The first-order chi connectivity index (χ1) is 18.2. The molecule has 2 amide bonds. The van der Waals surface area contributed by atoms with Crippen molar-refractivity contribution in [3.05, 3.63) is 41.6 Å². The molecule has 0 radical (unpaired) electrons. The summed E-state index contributed by atoms with van der Waals surface area (Å²) >= 11 is 0. The summed E-state index contributed by atoms with van der Waals surface area (Å²) in [5.41, 5.74) is 2.43. The summed E-state index contributed by atoms with van der Waals surface area (Å²) in [6.07, 6.45) is 1.81. The molecule has 0 spiro atoms. The number of carbonyl (C=O) groups is 2. The lowest BCUT2D eigenvalue weighted by molar-refractivity contribution is -0.129. The van der Waals surface area contributed by atoms with Gasteiger partial charge in [-0.2, -0.15) is 0 Å². The fraction of sp³-hybridized carbons (Fsp3) is 0.481. The molecular formula is C27H31F2N5O4. The topological polar surface area (TPSA) is 129 Å². The number of alkyl halides is 1. The summed E-state index contributed by atoms with van der Waals surface area (Å²) in [6.45, 7) is 3.61. The smallest absolute Gasteiger partial charge is 0.255 e. The van der Waals surface area contributed by atoms with E-state index in [0.717, 1.165) is 12.8 Å². The molecule has 2 saturated carbocycles. The van der Waals surface area contributed by atoms with Gasteiger partial charge >= 0.3 is 0 Å². The van der Waals surface area contributed by atoms with Crippen LogP contribution < -0.4 is 15.4 Å². The number of H-pyrrole nitrogens is 1. The normalized spacial score (nSPS) is 22.2. The van der Waals surface area contributed by atoms with Crippen LogP contribution in [0.5, 0.6) is 5.75 Å². The van der Waals surface area contributed by atoms with Crippen LogP contribution in [0.25, 0.3) is 22.3 Å². The zero-order chi connectivity index (χ0) is 27.0. The molecule has 1 aromatic carbocycles. The van der Waals surface area contributed by atoms with Gasteiger partial charge in [-0.05, 0) is 63.6 Å². The number of nitrogens with zero attached hydrogens (tertiary/aromatic N) is 2. The van der Waals surface area contributed by atoms with Crippen molar-refractivity contribution >= 4 is 22.8 Å². The van der Waals surface area contributed by atoms with Crippen LogP contribution in [-0.4, -0.2) is 62.8 Å². The van der Waals surface area contributed by atoms with Gasteiger partial charge in [-0.15, -0.1) is 0 Å². The number of rotatable bonds is 8. The molecule has 9 nitrogen and oxygen atoms in total. The first-order valence-electron chi connectivity index (χ1n) is 12.9. The van der Waals surface area contributed by atoms with Crippen LogP contribution >= 0.6 is 0 Å². The first-order valence-corrected chi connectivity index (χ1v) is 12.9. The van der Waals surface area contributed by atoms with Gasteiger partial charge in [0.1, 0.15) is 41.4 Å². The third kappa shape index (κ3) is 5.47. The minimum Gasteiger partial charge on any atom is -0.493 e. The Kier molecular flexibility index (Phi) is 7.29. The van der Waals surface area contributed by atoms with Crippen LogP contribution in [0, 0.1) is 18.7 Å². The monoisotopic (exact) mass is 527 g/mol. The molecule has 4 N–H and O–H groups in total. The number of hydrogen-bond donors (Lipinski definition) is 4. The number of fused-ring (bicyclic) bond motifs is 1. The number of benzene rings is 1. The van der Waals surface area contributed by atoms with Gasteiger partial charge in [0.05, 0.1) is 23.7 Å². The number of hydrogen-bond acceptors (Lipinski definition) is 6. The molecule has 2 fully saturated rings. The van der Waals surface area contributed by atoms with Crippen molar-refractivity contribution in [1.29, 1.82) is 0 Å². The molecule has 3 aromatic rings. The molecular weight excluding hydrogens is 496 g/mol. The number of ether oxygens (including phenoxy) is 1. The van der Waals surface area contributed by atoms with Gasteiger partial charge in [0, 0.05) is 23.7 Å². The predicted octanol–water partition coefficient (Wildman–Crippen LogP) is 3.35. The number of aryl methyl sites for hydroxylation is 1. The Hall–Kier alpha value is -3.60. The SMILES string of the molecule is Cc1[nH]c2c(-c3cc(F)ccc3OCC3CC3)ncnc2c1C(=O)N[C@@H]1CC[C@@H](NC(=O)[C@H](C)O)C[C@H]1F. The quantitative estimate of drug-likeness (QED) is 0.356. The Labute approximate surface area is 218 Å². The Balaban J connectivity index is 1.37. The van der Waals surface area contributed by atoms with Crippen LogP contribution in [0.1, 0.15) is 55.1 Å². The highest BCUT2D eigenvalue weighted by Gasteiger charge is 2.34. The second-order valence-corrected chi connectivity index (χ2v) is 10.3. The van der Waals surface area contributed by atoms with Crippen molar-refractivity contribution in [2.75, 3.05) is 6.61 Å². The highest BCUT2D eigenvalue weighted by Crippen LogP contribution is 2.37. The molecule has 5 rings (SSSR count). The highest BCUT2D eigenvalue weighted by molar-refractivity contribution is 6.09. The van der Waals surface area contributed by atoms with Crippen LogP contribution in [0.2, 0.25) is 0 Å². The first kappa shape index (κ1) is 26.0. The van der Waals surface area contributed by atoms with E-state index in [-0.39, 0.29) is 12.0 Å².